The quantitative estimate of drug-likeness (QED) is 0.452. The van der Waals surface area contributed by atoms with Crippen LogP contribution >= 0.6 is 36.1 Å². The Balaban J connectivity index is 0.000000345. The molecular formula is C11H16IN3O4S. The van der Waals surface area contributed by atoms with Gasteiger partial charge in [-0.1, -0.05) is 0 Å². The van der Waals surface area contributed by atoms with E-state index >= 15 is 0 Å². The zero-order valence-corrected chi connectivity index (χ0v) is 13.9. The number of nitrogens with zero attached hydrogens (tertiary/aromatic N) is 2. The molecule has 112 valence electrons. The van der Waals surface area contributed by atoms with Crippen molar-refractivity contribution in [2.75, 3.05) is 20.1 Å². The fraction of sp³-hybridized carbons (Fsp3) is 0.364. The maximum absolute atomic E-state index is 10.6. The third-order valence-corrected chi connectivity index (χ3v) is 3.08. The molecule has 2 rings (SSSR count). The summed E-state index contributed by atoms with van der Waals surface area (Å²) in [6.45, 7) is 1.03. The summed E-state index contributed by atoms with van der Waals surface area (Å²) in [5, 5.41) is 10.1. The van der Waals surface area contributed by atoms with E-state index in [9.17, 15) is 14.9 Å². The fourth-order valence-electron chi connectivity index (χ4n) is 1.34. The van der Waals surface area contributed by atoms with Crippen molar-refractivity contribution >= 4 is 47.9 Å². The minimum Gasteiger partial charge on any atom is -0.443 e. The number of non-ortho nitro benzene ring substituents is 1. The largest absolute Gasteiger partial charge is 0.443 e. The Hall–Kier alpha value is -1.07. The van der Waals surface area contributed by atoms with Gasteiger partial charge in [0.1, 0.15) is 6.10 Å². The van der Waals surface area contributed by atoms with Gasteiger partial charge in [0.05, 0.1) is 11.5 Å². The molecule has 0 saturated carbocycles. The van der Waals surface area contributed by atoms with Gasteiger partial charge in [-0.3, -0.25) is 10.1 Å². The molecule has 1 atom stereocenters. The molecule has 0 bridgehead atoms. The van der Waals surface area contributed by atoms with Crippen LogP contribution in [0, 0.1) is 13.7 Å². The van der Waals surface area contributed by atoms with E-state index in [1.54, 1.807) is 19.2 Å². The van der Waals surface area contributed by atoms with Crippen LogP contribution in [0.5, 0.6) is 0 Å². The van der Waals surface area contributed by atoms with Crippen LogP contribution in [-0.2, 0) is 4.74 Å². The summed E-state index contributed by atoms with van der Waals surface area (Å²) in [6, 6.07) is 6.39. The van der Waals surface area contributed by atoms with Crippen LogP contribution in [-0.4, -0.2) is 42.2 Å². The number of hydrogen-bond donors (Lipinski definition) is 1. The van der Waals surface area contributed by atoms with E-state index in [4.69, 9.17) is 10.5 Å². The predicted octanol–water partition coefficient (Wildman–Crippen LogP) is 1.71. The van der Waals surface area contributed by atoms with Crippen molar-refractivity contribution in [1.82, 2.24) is 4.90 Å². The van der Waals surface area contributed by atoms with Gasteiger partial charge in [0.25, 0.3) is 5.69 Å². The highest BCUT2D eigenvalue weighted by Crippen LogP contribution is 2.12. The second kappa shape index (κ2) is 8.97. The van der Waals surface area contributed by atoms with Gasteiger partial charge in [-0.25, -0.2) is 4.79 Å². The van der Waals surface area contributed by atoms with Gasteiger partial charge in [-0.2, -0.15) is 13.5 Å². The van der Waals surface area contributed by atoms with Crippen LogP contribution in [0.15, 0.2) is 24.3 Å². The molecule has 20 heavy (non-hydrogen) atoms. The standard InChI is InChI=1S/C6H4INO2.C5H10N2O2.H2S/c7-5-1-3-6(4-2-5)8(9)10;1-7-3-4(2-6)9-5(7)8;/h1-4H;4H,2-3,6H2,1H3;1H2/t;4-;/m.0./s1. The van der Waals surface area contributed by atoms with E-state index in [0.29, 0.717) is 13.1 Å². The number of carbonyl (C=O) groups is 1. The lowest BCUT2D eigenvalue weighted by Gasteiger charge is -2.01. The van der Waals surface area contributed by atoms with E-state index in [2.05, 4.69) is 22.6 Å². The van der Waals surface area contributed by atoms with Crippen molar-refractivity contribution in [2.45, 2.75) is 6.10 Å². The molecule has 0 unspecified atom stereocenters. The predicted molar refractivity (Wildman–Crippen MR) is 88.1 cm³/mol. The molecule has 1 aliphatic heterocycles. The number of cyclic esters (lactones) is 1. The van der Waals surface area contributed by atoms with Crippen LogP contribution in [0.4, 0.5) is 10.5 Å². The van der Waals surface area contributed by atoms with Crippen molar-refractivity contribution in [1.29, 1.82) is 0 Å². The maximum atomic E-state index is 10.6. The minimum atomic E-state index is -0.407. The first-order chi connectivity index (χ1) is 8.93. The highest BCUT2D eigenvalue weighted by molar-refractivity contribution is 14.1. The molecule has 0 aromatic heterocycles. The second-order valence-corrected chi connectivity index (χ2v) is 5.10. The average Bonchev–Trinajstić information content (AvgIpc) is 2.70. The molecule has 0 radical (unpaired) electrons. The molecule has 1 aromatic rings. The molecule has 2 N–H and O–H groups in total. The maximum Gasteiger partial charge on any atom is 0.410 e. The second-order valence-electron chi connectivity index (χ2n) is 3.86. The van der Waals surface area contributed by atoms with E-state index in [1.165, 1.54) is 17.0 Å². The number of nitro groups is 1. The van der Waals surface area contributed by atoms with Crippen LogP contribution in [0.2, 0.25) is 0 Å². The number of likely N-dealkylation sites (N-methyl/N-ethyl adjacent to an activating group) is 1. The first-order valence-corrected chi connectivity index (χ1v) is 6.53. The number of amides is 1. The molecule has 1 aliphatic rings. The Morgan fingerprint density at radius 3 is 2.35 bits per heavy atom. The van der Waals surface area contributed by atoms with E-state index in [0.717, 1.165) is 3.57 Å². The summed E-state index contributed by atoms with van der Waals surface area (Å²) in [5.41, 5.74) is 5.39. The highest BCUT2D eigenvalue weighted by atomic mass is 127. The molecule has 9 heteroatoms. The summed E-state index contributed by atoms with van der Waals surface area (Å²) >= 11 is 2.10. The topological polar surface area (TPSA) is 98.7 Å². The summed E-state index contributed by atoms with van der Waals surface area (Å²) in [6.07, 6.45) is -0.368. The highest BCUT2D eigenvalue weighted by Gasteiger charge is 2.26. The van der Waals surface area contributed by atoms with Crippen LogP contribution in [0.3, 0.4) is 0 Å². The first kappa shape index (κ1) is 18.9. The Labute approximate surface area is 137 Å². The SMILES string of the molecule is CN1C[C@H](CN)OC1=O.O=[N+]([O-])c1ccc(I)cc1.S. The van der Waals surface area contributed by atoms with E-state index in [-0.39, 0.29) is 31.4 Å². The van der Waals surface area contributed by atoms with Gasteiger partial charge >= 0.3 is 6.09 Å². The number of ether oxygens (including phenoxy) is 1. The lowest BCUT2D eigenvalue weighted by Crippen LogP contribution is -2.24. The van der Waals surface area contributed by atoms with Crippen molar-refractivity contribution in [2.24, 2.45) is 5.73 Å². The van der Waals surface area contributed by atoms with Crippen LogP contribution in [0.25, 0.3) is 0 Å². The van der Waals surface area contributed by atoms with Gasteiger partial charge in [-0.15, -0.1) is 0 Å². The van der Waals surface area contributed by atoms with Crippen molar-refractivity contribution in [3.63, 3.8) is 0 Å². The zero-order valence-electron chi connectivity index (χ0n) is 10.8. The molecule has 0 aliphatic carbocycles. The Morgan fingerprint density at radius 1 is 1.50 bits per heavy atom. The monoisotopic (exact) mass is 413 g/mol. The summed E-state index contributed by atoms with van der Waals surface area (Å²) in [7, 11) is 1.69. The third kappa shape index (κ3) is 5.92. The Morgan fingerprint density at radius 2 is 2.05 bits per heavy atom. The third-order valence-electron chi connectivity index (χ3n) is 2.36. The van der Waals surface area contributed by atoms with Crippen molar-refractivity contribution < 1.29 is 14.5 Å². The molecule has 1 heterocycles. The summed E-state index contributed by atoms with van der Waals surface area (Å²) < 4.78 is 5.79. The van der Waals surface area contributed by atoms with Crippen molar-refractivity contribution in [3.05, 3.63) is 37.9 Å². The normalized spacial score (nSPS) is 16.6. The summed E-state index contributed by atoms with van der Waals surface area (Å²) in [5.74, 6) is 0. The molecule has 1 aromatic carbocycles. The number of carbonyl (C=O) groups excluding carboxylic acids is 1. The van der Waals surface area contributed by atoms with E-state index in [1.807, 2.05) is 0 Å². The smallest absolute Gasteiger partial charge is 0.410 e. The molecule has 1 fully saturated rings. The number of nitro benzene ring substituents is 1. The fourth-order valence-corrected chi connectivity index (χ4v) is 1.69. The van der Waals surface area contributed by atoms with Gasteiger partial charge in [0.15, 0.2) is 0 Å². The molecular weight excluding hydrogens is 397 g/mol. The average molecular weight is 413 g/mol. The van der Waals surface area contributed by atoms with E-state index < -0.39 is 4.92 Å². The Bertz CT molecular complexity index is 457. The minimum absolute atomic E-state index is 0. The lowest BCUT2D eigenvalue weighted by atomic mass is 10.3. The van der Waals surface area contributed by atoms with Crippen molar-refractivity contribution in [3.8, 4) is 0 Å². The Kier molecular flexibility index (Phi) is 8.49. The number of hydrogen-bond acceptors (Lipinski definition) is 5. The molecule has 7 nitrogen and oxygen atoms in total. The van der Waals surface area contributed by atoms with Crippen LogP contribution in [0.1, 0.15) is 0 Å². The summed E-state index contributed by atoms with van der Waals surface area (Å²) in [4.78, 5) is 21.8. The molecule has 0 spiro atoms. The zero-order chi connectivity index (χ0) is 14.4. The van der Waals surface area contributed by atoms with Gasteiger partial charge in [0.2, 0.25) is 0 Å². The number of nitrogens with two attached hydrogens (primary N) is 1. The molecule has 1 amide bonds. The number of benzene rings is 1. The first-order valence-electron chi connectivity index (χ1n) is 5.45. The van der Waals surface area contributed by atoms with Gasteiger partial charge < -0.3 is 15.4 Å². The van der Waals surface area contributed by atoms with Crippen LogP contribution < -0.4 is 5.73 Å². The van der Waals surface area contributed by atoms with Gasteiger partial charge in [0, 0.05) is 29.3 Å². The molecule has 1 saturated heterocycles. The van der Waals surface area contributed by atoms with Gasteiger partial charge in [-0.05, 0) is 34.7 Å². The number of rotatable bonds is 2. The number of halogens is 1. The lowest BCUT2D eigenvalue weighted by molar-refractivity contribution is -0.384.